The summed E-state index contributed by atoms with van der Waals surface area (Å²) < 4.78 is 4.98. The maximum atomic E-state index is 11.7. The van der Waals surface area contributed by atoms with E-state index in [9.17, 15) is 14.7 Å². The van der Waals surface area contributed by atoms with E-state index in [0.717, 1.165) is 11.6 Å². The summed E-state index contributed by atoms with van der Waals surface area (Å²) in [6.07, 6.45) is -0.835. The van der Waals surface area contributed by atoms with E-state index < -0.39 is 23.4 Å². The van der Waals surface area contributed by atoms with Crippen molar-refractivity contribution in [1.29, 1.82) is 0 Å². The number of rotatable bonds is 4. The van der Waals surface area contributed by atoms with E-state index in [1.807, 2.05) is 6.07 Å². The van der Waals surface area contributed by atoms with Gasteiger partial charge in [0.1, 0.15) is 12.2 Å². The van der Waals surface area contributed by atoms with Gasteiger partial charge in [-0.3, -0.25) is 5.32 Å². The number of hydrogen-bond acceptors (Lipinski definition) is 4. The minimum atomic E-state index is -1.36. The number of amides is 1. The monoisotopic (exact) mass is 321 g/mol. The van der Waals surface area contributed by atoms with Gasteiger partial charge in [-0.25, -0.2) is 9.59 Å². The first-order chi connectivity index (χ1) is 10.5. The molecular weight excluding hydrogens is 310 g/mol. The summed E-state index contributed by atoms with van der Waals surface area (Å²) in [5, 5.41) is 21.1. The second-order valence-corrected chi connectivity index (χ2v) is 4.78. The number of carbonyl (C=O) groups is 2. The highest BCUT2D eigenvalue weighted by Gasteiger charge is 2.17. The van der Waals surface area contributed by atoms with Crippen molar-refractivity contribution in [3.05, 3.63) is 58.6 Å². The maximum absolute atomic E-state index is 11.7. The van der Waals surface area contributed by atoms with Crippen LogP contribution in [0.3, 0.4) is 0 Å². The normalized spacial score (nSPS) is 10.0. The van der Waals surface area contributed by atoms with Crippen LogP contribution in [0.5, 0.6) is 5.75 Å². The Labute approximate surface area is 130 Å². The average Bonchev–Trinajstić information content (AvgIpc) is 2.49. The van der Waals surface area contributed by atoms with Gasteiger partial charge in [-0.05, 0) is 17.7 Å². The van der Waals surface area contributed by atoms with Crippen LogP contribution >= 0.6 is 11.6 Å². The number of nitrogens with one attached hydrogen (secondary N) is 1. The summed E-state index contributed by atoms with van der Waals surface area (Å²) in [6, 6.07) is 11.3. The van der Waals surface area contributed by atoms with E-state index in [1.54, 1.807) is 24.3 Å². The van der Waals surface area contributed by atoms with Crippen LogP contribution in [0.15, 0.2) is 42.5 Å². The number of carboxylic acids is 1. The van der Waals surface area contributed by atoms with Crippen molar-refractivity contribution in [3.8, 4) is 5.75 Å². The molecule has 0 aliphatic heterocycles. The van der Waals surface area contributed by atoms with Crippen molar-refractivity contribution in [1.82, 2.24) is 0 Å². The largest absolute Gasteiger partial charge is 0.505 e. The van der Waals surface area contributed by atoms with E-state index in [4.69, 9.17) is 21.4 Å². The van der Waals surface area contributed by atoms with Crippen LogP contribution in [0.4, 0.5) is 10.5 Å². The minimum Gasteiger partial charge on any atom is -0.505 e. The van der Waals surface area contributed by atoms with Crippen molar-refractivity contribution < 1.29 is 24.5 Å². The van der Waals surface area contributed by atoms with Crippen LogP contribution < -0.4 is 5.32 Å². The van der Waals surface area contributed by atoms with Crippen LogP contribution in [0.2, 0.25) is 5.02 Å². The van der Waals surface area contributed by atoms with Gasteiger partial charge in [0.25, 0.3) is 0 Å². The number of phenols is 1. The molecule has 2 rings (SSSR count). The van der Waals surface area contributed by atoms with E-state index >= 15 is 0 Å². The summed E-state index contributed by atoms with van der Waals surface area (Å²) in [5.41, 5.74) is 0.244. The molecule has 3 N–H and O–H groups in total. The molecule has 0 bridgehead atoms. The van der Waals surface area contributed by atoms with Crippen molar-refractivity contribution in [2.75, 3.05) is 5.32 Å². The number of halogens is 1. The predicted octanol–water partition coefficient (Wildman–Crippen LogP) is 3.49. The lowest BCUT2D eigenvalue weighted by Crippen LogP contribution is -2.14. The number of hydrogen-bond donors (Lipinski definition) is 3. The Balaban J connectivity index is 2.07. The summed E-state index contributed by atoms with van der Waals surface area (Å²) in [7, 11) is 0. The second kappa shape index (κ2) is 6.82. The molecule has 0 spiro atoms. The molecule has 2 aromatic carbocycles. The number of benzene rings is 2. The van der Waals surface area contributed by atoms with Crippen molar-refractivity contribution in [2.45, 2.75) is 6.61 Å². The third-order valence-electron chi connectivity index (χ3n) is 2.75. The Hall–Kier alpha value is -2.73. The summed E-state index contributed by atoms with van der Waals surface area (Å²) >= 11 is 5.76. The molecule has 2 aromatic rings. The van der Waals surface area contributed by atoms with Crippen molar-refractivity contribution in [2.24, 2.45) is 0 Å². The second-order valence-electron chi connectivity index (χ2n) is 4.34. The molecule has 0 aliphatic carbocycles. The molecule has 0 atom stereocenters. The number of carbonyl (C=O) groups excluding carboxylic acids is 1. The summed E-state index contributed by atoms with van der Waals surface area (Å²) in [5.74, 6) is -1.95. The van der Waals surface area contributed by atoms with Gasteiger partial charge >= 0.3 is 12.1 Å². The Bertz CT molecular complexity index is 703. The highest BCUT2D eigenvalue weighted by atomic mass is 35.5. The van der Waals surface area contributed by atoms with Gasteiger partial charge in [0.15, 0.2) is 5.75 Å². The van der Waals surface area contributed by atoms with E-state index in [1.165, 1.54) is 6.07 Å². The number of anilines is 1. The highest BCUT2D eigenvalue weighted by Crippen LogP contribution is 2.31. The predicted molar refractivity (Wildman–Crippen MR) is 80.3 cm³/mol. The zero-order valence-corrected chi connectivity index (χ0v) is 12.0. The van der Waals surface area contributed by atoms with Gasteiger partial charge in [-0.15, -0.1) is 0 Å². The van der Waals surface area contributed by atoms with Crippen LogP contribution in [-0.2, 0) is 11.3 Å². The Morgan fingerprint density at radius 2 is 1.86 bits per heavy atom. The van der Waals surface area contributed by atoms with Crippen LogP contribution in [-0.4, -0.2) is 22.3 Å². The molecule has 0 radical (unpaired) electrons. The van der Waals surface area contributed by atoms with Gasteiger partial charge in [0, 0.05) is 5.02 Å². The van der Waals surface area contributed by atoms with Crippen molar-refractivity contribution in [3.63, 3.8) is 0 Å². The van der Waals surface area contributed by atoms with Crippen molar-refractivity contribution >= 4 is 29.4 Å². The van der Waals surface area contributed by atoms with Gasteiger partial charge < -0.3 is 14.9 Å². The zero-order valence-electron chi connectivity index (χ0n) is 11.2. The van der Waals surface area contributed by atoms with E-state index in [-0.39, 0.29) is 17.3 Å². The Kier molecular flexibility index (Phi) is 4.85. The number of aromatic carboxylic acids is 1. The fourth-order valence-corrected chi connectivity index (χ4v) is 1.94. The van der Waals surface area contributed by atoms with Crippen LogP contribution in [0.25, 0.3) is 0 Å². The van der Waals surface area contributed by atoms with Crippen LogP contribution in [0, 0.1) is 0 Å². The van der Waals surface area contributed by atoms with E-state index in [0.29, 0.717) is 0 Å². The minimum absolute atomic E-state index is 0.0415. The van der Waals surface area contributed by atoms with Gasteiger partial charge in [-0.2, -0.15) is 0 Å². The molecule has 0 saturated heterocycles. The molecule has 0 aromatic heterocycles. The highest BCUT2D eigenvalue weighted by molar-refractivity contribution is 6.31. The summed E-state index contributed by atoms with van der Waals surface area (Å²) in [6.45, 7) is 0.0415. The quantitative estimate of drug-likeness (QED) is 0.749. The third-order valence-corrected chi connectivity index (χ3v) is 2.97. The Morgan fingerprint density at radius 3 is 2.50 bits per heavy atom. The van der Waals surface area contributed by atoms with Crippen LogP contribution in [0.1, 0.15) is 15.9 Å². The number of aromatic hydroxyl groups is 1. The molecule has 1 amide bonds. The molecular formula is C15H12ClNO5. The standard InChI is InChI=1S/C15H12ClNO5/c16-10-6-11(14(19)20)13(18)12(7-10)17-15(21)22-8-9-4-2-1-3-5-9/h1-7,18H,8H2,(H,17,21)(H,19,20). The van der Waals surface area contributed by atoms with Gasteiger partial charge in [0.05, 0.1) is 5.69 Å². The maximum Gasteiger partial charge on any atom is 0.412 e. The topological polar surface area (TPSA) is 95.9 Å². The molecule has 0 unspecified atom stereocenters. The molecule has 6 nitrogen and oxygen atoms in total. The van der Waals surface area contributed by atoms with Gasteiger partial charge in [0.2, 0.25) is 0 Å². The summed E-state index contributed by atoms with van der Waals surface area (Å²) in [4.78, 5) is 22.7. The lowest BCUT2D eigenvalue weighted by atomic mass is 10.1. The molecule has 0 heterocycles. The fourth-order valence-electron chi connectivity index (χ4n) is 1.73. The molecule has 7 heteroatoms. The Morgan fingerprint density at radius 1 is 1.18 bits per heavy atom. The fraction of sp³-hybridized carbons (Fsp3) is 0.0667. The third kappa shape index (κ3) is 3.89. The van der Waals surface area contributed by atoms with Gasteiger partial charge in [-0.1, -0.05) is 41.9 Å². The lowest BCUT2D eigenvalue weighted by molar-refractivity contribution is 0.0693. The zero-order chi connectivity index (χ0) is 16.1. The number of carboxylic acid groups (broad SMARTS) is 1. The molecule has 22 heavy (non-hydrogen) atoms. The number of ether oxygens (including phenoxy) is 1. The molecule has 114 valence electrons. The first-order valence-corrected chi connectivity index (χ1v) is 6.58. The molecule has 0 aliphatic rings. The average molecular weight is 322 g/mol. The molecule has 0 saturated carbocycles. The lowest BCUT2D eigenvalue weighted by Gasteiger charge is -2.10. The molecule has 0 fully saturated rings. The first kappa shape index (κ1) is 15.7. The SMILES string of the molecule is O=C(Nc1cc(Cl)cc(C(=O)O)c1O)OCc1ccccc1. The first-order valence-electron chi connectivity index (χ1n) is 6.21. The smallest absolute Gasteiger partial charge is 0.412 e. The van der Waals surface area contributed by atoms with E-state index in [2.05, 4.69) is 5.32 Å².